The molecule has 2 aromatic rings. The Labute approximate surface area is 151 Å². The maximum Gasteiger partial charge on any atom is 0.242 e. The summed E-state index contributed by atoms with van der Waals surface area (Å²) in [5.41, 5.74) is 0.773. The van der Waals surface area contributed by atoms with Crippen molar-refractivity contribution < 1.29 is 14.0 Å². The predicted molar refractivity (Wildman–Crippen MR) is 97.6 cm³/mol. The molecule has 0 heterocycles. The Hall–Kier alpha value is -2.34. The van der Waals surface area contributed by atoms with Gasteiger partial charge in [0.1, 0.15) is 11.9 Å². The van der Waals surface area contributed by atoms with E-state index in [1.807, 2.05) is 30.3 Å². The molecule has 0 unspecified atom stereocenters. The van der Waals surface area contributed by atoms with Gasteiger partial charge in [0.15, 0.2) is 0 Å². The normalized spacial score (nSPS) is 11.6. The third kappa shape index (κ3) is 5.60. The van der Waals surface area contributed by atoms with E-state index in [0.717, 1.165) is 10.5 Å². The molecular weight excluding hydrogens is 339 g/mol. The highest BCUT2D eigenvalue weighted by Gasteiger charge is 2.25. The molecule has 2 amide bonds. The Balaban J connectivity index is 2.10. The van der Waals surface area contributed by atoms with Crippen molar-refractivity contribution in [3.05, 3.63) is 66.0 Å². The van der Waals surface area contributed by atoms with Gasteiger partial charge in [-0.05, 0) is 36.8 Å². The van der Waals surface area contributed by atoms with Crippen LogP contribution in [-0.2, 0) is 16.1 Å². The summed E-state index contributed by atoms with van der Waals surface area (Å²) in [5.74, 6) is -0.484. The second-order valence-electron chi connectivity index (χ2n) is 5.54. The number of carbonyl (C=O) groups excluding carboxylic acids is 2. The molecule has 0 saturated carbocycles. The Morgan fingerprint density at radius 2 is 1.76 bits per heavy atom. The fourth-order valence-corrected chi connectivity index (χ4v) is 3.13. The molecule has 25 heavy (non-hydrogen) atoms. The molecule has 2 aromatic carbocycles. The first kappa shape index (κ1) is 19.0. The lowest BCUT2D eigenvalue weighted by Gasteiger charge is -2.28. The second-order valence-corrected chi connectivity index (χ2v) is 6.59. The van der Waals surface area contributed by atoms with Gasteiger partial charge in [0.25, 0.3) is 0 Å². The summed E-state index contributed by atoms with van der Waals surface area (Å²) in [5, 5.41) is 2.57. The van der Waals surface area contributed by atoms with E-state index in [2.05, 4.69) is 5.32 Å². The summed E-state index contributed by atoms with van der Waals surface area (Å²) in [4.78, 5) is 27.2. The molecule has 0 aliphatic heterocycles. The fraction of sp³-hybridized carbons (Fsp3) is 0.263. The lowest BCUT2D eigenvalue weighted by Crippen LogP contribution is -2.47. The van der Waals surface area contributed by atoms with Crippen molar-refractivity contribution in [1.29, 1.82) is 0 Å². The third-order valence-corrected chi connectivity index (χ3v) is 4.78. The molecule has 0 saturated heterocycles. The van der Waals surface area contributed by atoms with Crippen LogP contribution in [0, 0.1) is 5.82 Å². The van der Waals surface area contributed by atoms with Crippen LogP contribution in [-0.4, -0.2) is 35.6 Å². The number of hydrogen-bond acceptors (Lipinski definition) is 3. The number of thioether (sulfide) groups is 1. The molecule has 132 valence electrons. The van der Waals surface area contributed by atoms with E-state index < -0.39 is 6.04 Å². The van der Waals surface area contributed by atoms with Crippen molar-refractivity contribution in [1.82, 2.24) is 10.2 Å². The third-order valence-electron chi connectivity index (χ3n) is 3.79. The minimum absolute atomic E-state index is 0.144. The van der Waals surface area contributed by atoms with E-state index in [1.165, 1.54) is 35.8 Å². The van der Waals surface area contributed by atoms with Gasteiger partial charge in [-0.15, -0.1) is 11.8 Å². The predicted octanol–water partition coefficient (Wildman–Crippen LogP) is 3.08. The van der Waals surface area contributed by atoms with E-state index >= 15 is 0 Å². The van der Waals surface area contributed by atoms with E-state index in [0.29, 0.717) is 0 Å². The van der Waals surface area contributed by atoms with Gasteiger partial charge >= 0.3 is 0 Å². The molecule has 0 aliphatic rings. The monoisotopic (exact) mass is 360 g/mol. The summed E-state index contributed by atoms with van der Waals surface area (Å²) in [7, 11) is 1.54. The number of nitrogens with one attached hydrogen (secondary N) is 1. The number of benzene rings is 2. The lowest BCUT2D eigenvalue weighted by molar-refractivity contribution is -0.138. The van der Waals surface area contributed by atoms with Crippen LogP contribution in [0.4, 0.5) is 4.39 Å². The molecule has 1 N–H and O–H groups in total. The quantitative estimate of drug-likeness (QED) is 0.772. The summed E-state index contributed by atoms with van der Waals surface area (Å²) >= 11 is 1.42. The number of likely N-dealkylation sites (N-methyl/N-ethyl adjacent to an activating group) is 1. The molecule has 0 radical (unpaired) electrons. The smallest absolute Gasteiger partial charge is 0.242 e. The molecule has 4 nitrogen and oxygen atoms in total. The molecule has 0 spiro atoms. The summed E-state index contributed by atoms with van der Waals surface area (Å²) < 4.78 is 13.1. The molecule has 0 fully saturated rings. The van der Waals surface area contributed by atoms with Gasteiger partial charge in [-0.1, -0.05) is 30.3 Å². The SMILES string of the molecule is CNC(=O)[C@@H](C)N(Cc1ccc(F)cc1)C(=O)CSc1ccccc1. The summed E-state index contributed by atoms with van der Waals surface area (Å²) in [6.07, 6.45) is 0. The number of hydrogen-bond donors (Lipinski definition) is 1. The molecule has 6 heteroatoms. The van der Waals surface area contributed by atoms with E-state index in [9.17, 15) is 14.0 Å². The van der Waals surface area contributed by atoms with Gasteiger partial charge in [-0.2, -0.15) is 0 Å². The number of carbonyl (C=O) groups is 2. The van der Waals surface area contributed by atoms with Gasteiger partial charge in [-0.3, -0.25) is 9.59 Å². The van der Waals surface area contributed by atoms with Gasteiger partial charge in [0.05, 0.1) is 5.75 Å². The van der Waals surface area contributed by atoms with Crippen LogP contribution in [0.2, 0.25) is 0 Å². The number of rotatable bonds is 7. The Morgan fingerprint density at radius 3 is 2.36 bits per heavy atom. The number of amides is 2. The van der Waals surface area contributed by atoms with E-state index in [-0.39, 0.29) is 29.9 Å². The van der Waals surface area contributed by atoms with Crippen LogP contribution in [0.15, 0.2) is 59.5 Å². The van der Waals surface area contributed by atoms with Crippen LogP contribution in [0.25, 0.3) is 0 Å². The van der Waals surface area contributed by atoms with Crippen LogP contribution in [0.1, 0.15) is 12.5 Å². The maximum atomic E-state index is 13.1. The first-order chi connectivity index (χ1) is 12.0. The molecular formula is C19H21FN2O2S. The van der Waals surface area contributed by atoms with E-state index in [4.69, 9.17) is 0 Å². The molecule has 0 aromatic heterocycles. The van der Waals surface area contributed by atoms with Gasteiger partial charge < -0.3 is 10.2 Å². The van der Waals surface area contributed by atoms with Crippen molar-refractivity contribution in [2.75, 3.05) is 12.8 Å². The van der Waals surface area contributed by atoms with Gasteiger partial charge in [-0.25, -0.2) is 4.39 Å². The van der Waals surface area contributed by atoms with Crippen LogP contribution < -0.4 is 5.32 Å². The number of nitrogens with zero attached hydrogens (tertiary/aromatic N) is 1. The topological polar surface area (TPSA) is 49.4 Å². The zero-order chi connectivity index (χ0) is 18.2. The van der Waals surface area contributed by atoms with Crippen molar-refractivity contribution in [3.8, 4) is 0 Å². The maximum absolute atomic E-state index is 13.1. The lowest BCUT2D eigenvalue weighted by atomic mass is 10.1. The highest BCUT2D eigenvalue weighted by Crippen LogP contribution is 2.19. The minimum Gasteiger partial charge on any atom is -0.357 e. The summed E-state index contributed by atoms with van der Waals surface area (Å²) in [6, 6.07) is 14.9. The first-order valence-electron chi connectivity index (χ1n) is 7.94. The zero-order valence-corrected chi connectivity index (χ0v) is 15.1. The Bertz CT molecular complexity index is 707. The Kier molecular flexibility index (Phi) is 7.01. The molecule has 0 bridgehead atoms. The molecule has 2 rings (SSSR count). The fourth-order valence-electron chi connectivity index (χ4n) is 2.32. The molecule has 0 aliphatic carbocycles. The average molecular weight is 360 g/mol. The standard InChI is InChI=1S/C19H21FN2O2S/c1-14(19(24)21-2)22(12-15-8-10-16(20)11-9-15)18(23)13-25-17-6-4-3-5-7-17/h3-11,14H,12-13H2,1-2H3,(H,21,24)/t14-/m1/s1. The van der Waals surface area contributed by atoms with E-state index in [1.54, 1.807) is 19.1 Å². The number of halogens is 1. The minimum atomic E-state index is -0.612. The average Bonchev–Trinajstić information content (AvgIpc) is 2.65. The van der Waals surface area contributed by atoms with Crippen LogP contribution in [0.5, 0.6) is 0 Å². The van der Waals surface area contributed by atoms with Crippen LogP contribution >= 0.6 is 11.8 Å². The van der Waals surface area contributed by atoms with Crippen molar-refractivity contribution in [3.63, 3.8) is 0 Å². The molecule has 1 atom stereocenters. The largest absolute Gasteiger partial charge is 0.357 e. The van der Waals surface area contributed by atoms with Gasteiger partial charge in [0.2, 0.25) is 11.8 Å². The second kappa shape index (κ2) is 9.22. The summed E-state index contributed by atoms with van der Waals surface area (Å²) in [6.45, 7) is 1.94. The van der Waals surface area contributed by atoms with Crippen molar-refractivity contribution in [2.24, 2.45) is 0 Å². The first-order valence-corrected chi connectivity index (χ1v) is 8.93. The van der Waals surface area contributed by atoms with Crippen molar-refractivity contribution >= 4 is 23.6 Å². The van der Waals surface area contributed by atoms with Gasteiger partial charge in [0, 0.05) is 18.5 Å². The Morgan fingerprint density at radius 1 is 1.12 bits per heavy atom. The van der Waals surface area contributed by atoms with Crippen LogP contribution in [0.3, 0.4) is 0 Å². The highest BCUT2D eigenvalue weighted by atomic mass is 32.2. The zero-order valence-electron chi connectivity index (χ0n) is 14.2. The van der Waals surface area contributed by atoms with Crippen molar-refractivity contribution in [2.45, 2.75) is 24.4 Å². The highest BCUT2D eigenvalue weighted by molar-refractivity contribution is 8.00.